The zero-order valence-corrected chi connectivity index (χ0v) is 8.85. The maximum absolute atomic E-state index is 6.19. The van der Waals surface area contributed by atoms with Crippen LogP contribution >= 0.6 is 11.6 Å². The number of benzene rings is 1. The van der Waals surface area contributed by atoms with Gasteiger partial charge in [-0.25, -0.2) is 0 Å². The van der Waals surface area contributed by atoms with Crippen LogP contribution in [0, 0.1) is 0 Å². The lowest BCUT2D eigenvalue weighted by Gasteiger charge is -2.03. The number of nitrogens with two attached hydrogens (primary N) is 1. The van der Waals surface area contributed by atoms with Crippen molar-refractivity contribution in [1.82, 2.24) is 0 Å². The van der Waals surface area contributed by atoms with Crippen LogP contribution < -0.4 is 5.73 Å². The summed E-state index contributed by atoms with van der Waals surface area (Å²) >= 11 is 6.19. The molecule has 0 radical (unpaired) electrons. The van der Waals surface area contributed by atoms with Gasteiger partial charge in [0.25, 0.3) is 0 Å². The lowest BCUT2D eigenvalue weighted by Crippen LogP contribution is -1.92. The minimum Gasteiger partial charge on any atom is -0.327 e. The van der Waals surface area contributed by atoms with Gasteiger partial charge >= 0.3 is 0 Å². The molecule has 0 saturated carbocycles. The third-order valence-electron chi connectivity index (χ3n) is 2.63. The van der Waals surface area contributed by atoms with E-state index in [9.17, 15) is 0 Å². The van der Waals surface area contributed by atoms with Gasteiger partial charge in [-0.1, -0.05) is 29.8 Å². The Bertz CT molecular complexity index is 369. The molecule has 1 aliphatic carbocycles. The van der Waals surface area contributed by atoms with E-state index in [0.29, 0.717) is 6.54 Å². The molecule has 0 amide bonds. The SMILES string of the molecule is NC/C=C/c1cc(Cl)c2c(c1)CCC2. The Balaban J connectivity index is 2.37. The van der Waals surface area contributed by atoms with Gasteiger partial charge in [0.15, 0.2) is 0 Å². The van der Waals surface area contributed by atoms with Crippen LogP contribution in [0.25, 0.3) is 6.08 Å². The molecule has 2 rings (SSSR count). The number of aryl methyl sites for hydroxylation is 1. The lowest BCUT2D eigenvalue weighted by molar-refractivity contribution is 0.912. The molecule has 0 fully saturated rings. The second-order valence-corrected chi connectivity index (χ2v) is 4.04. The highest BCUT2D eigenvalue weighted by Crippen LogP contribution is 2.30. The van der Waals surface area contributed by atoms with Crippen LogP contribution in [0.5, 0.6) is 0 Å². The highest BCUT2D eigenvalue weighted by molar-refractivity contribution is 6.31. The molecule has 0 heterocycles. The molecule has 0 aliphatic heterocycles. The standard InChI is InChI=1S/C12H14ClN/c13-12-8-9(3-2-6-14)7-10-4-1-5-11(10)12/h2-3,7-8H,1,4-6,14H2/b3-2+. The molecule has 1 aromatic rings. The molecular weight excluding hydrogens is 194 g/mol. The number of rotatable bonds is 2. The third kappa shape index (κ3) is 1.84. The summed E-state index contributed by atoms with van der Waals surface area (Å²) in [6, 6.07) is 4.25. The lowest BCUT2D eigenvalue weighted by atomic mass is 10.1. The summed E-state index contributed by atoms with van der Waals surface area (Å²) in [6.07, 6.45) is 7.52. The van der Waals surface area contributed by atoms with Gasteiger partial charge in [0.1, 0.15) is 0 Å². The van der Waals surface area contributed by atoms with E-state index >= 15 is 0 Å². The largest absolute Gasteiger partial charge is 0.327 e. The maximum atomic E-state index is 6.19. The van der Waals surface area contributed by atoms with Crippen molar-refractivity contribution in [3.8, 4) is 0 Å². The van der Waals surface area contributed by atoms with Crippen LogP contribution in [0.4, 0.5) is 0 Å². The molecule has 2 N–H and O–H groups in total. The summed E-state index contributed by atoms with van der Waals surface area (Å²) in [6.45, 7) is 0.578. The first kappa shape index (κ1) is 9.75. The van der Waals surface area contributed by atoms with Crippen molar-refractivity contribution in [1.29, 1.82) is 0 Å². The van der Waals surface area contributed by atoms with Crippen molar-refractivity contribution in [2.75, 3.05) is 6.54 Å². The van der Waals surface area contributed by atoms with Crippen LogP contribution in [0.1, 0.15) is 23.1 Å². The van der Waals surface area contributed by atoms with Gasteiger partial charge < -0.3 is 5.73 Å². The first-order valence-electron chi connectivity index (χ1n) is 4.99. The molecular formula is C12H14ClN. The number of fused-ring (bicyclic) bond motifs is 1. The summed E-state index contributed by atoms with van der Waals surface area (Å²) in [7, 11) is 0. The van der Waals surface area contributed by atoms with Gasteiger partial charge in [-0.3, -0.25) is 0 Å². The topological polar surface area (TPSA) is 26.0 Å². The highest BCUT2D eigenvalue weighted by Gasteiger charge is 2.14. The Morgan fingerprint density at radius 2 is 2.21 bits per heavy atom. The van der Waals surface area contributed by atoms with Gasteiger partial charge in [-0.15, -0.1) is 0 Å². The molecule has 0 aromatic heterocycles. The predicted octanol–water partition coefficient (Wildman–Crippen LogP) is 2.80. The van der Waals surface area contributed by atoms with E-state index in [0.717, 1.165) is 11.4 Å². The van der Waals surface area contributed by atoms with E-state index in [4.69, 9.17) is 17.3 Å². The molecule has 1 aliphatic rings. The van der Waals surface area contributed by atoms with E-state index in [1.54, 1.807) is 0 Å². The van der Waals surface area contributed by atoms with Crippen LogP contribution in [-0.2, 0) is 12.8 Å². The van der Waals surface area contributed by atoms with E-state index < -0.39 is 0 Å². The van der Waals surface area contributed by atoms with Crippen molar-refractivity contribution < 1.29 is 0 Å². The summed E-state index contributed by atoms with van der Waals surface area (Å²) < 4.78 is 0. The third-order valence-corrected chi connectivity index (χ3v) is 2.97. The van der Waals surface area contributed by atoms with Crippen LogP contribution in [0.15, 0.2) is 18.2 Å². The first-order valence-corrected chi connectivity index (χ1v) is 5.37. The second-order valence-electron chi connectivity index (χ2n) is 3.63. The smallest absolute Gasteiger partial charge is 0.0446 e. The van der Waals surface area contributed by atoms with Gasteiger partial charge in [0.05, 0.1) is 0 Å². The number of hydrogen-bond acceptors (Lipinski definition) is 1. The molecule has 1 aromatic carbocycles. The summed E-state index contributed by atoms with van der Waals surface area (Å²) in [4.78, 5) is 0. The van der Waals surface area contributed by atoms with Crippen molar-refractivity contribution >= 4 is 17.7 Å². The molecule has 0 spiro atoms. The molecule has 0 bridgehead atoms. The normalized spacial score (nSPS) is 15.0. The van der Waals surface area contributed by atoms with Gasteiger partial charge in [-0.2, -0.15) is 0 Å². The van der Waals surface area contributed by atoms with E-state index in [1.165, 1.54) is 29.5 Å². The monoisotopic (exact) mass is 207 g/mol. The van der Waals surface area contributed by atoms with Crippen LogP contribution in [0.3, 0.4) is 0 Å². The fraction of sp³-hybridized carbons (Fsp3) is 0.333. The van der Waals surface area contributed by atoms with E-state index in [-0.39, 0.29) is 0 Å². The van der Waals surface area contributed by atoms with E-state index in [2.05, 4.69) is 6.07 Å². The van der Waals surface area contributed by atoms with Gasteiger partial charge in [0, 0.05) is 11.6 Å². The molecule has 1 nitrogen and oxygen atoms in total. The average Bonchev–Trinajstić information content (AvgIpc) is 2.63. The minimum atomic E-state index is 0.578. The quantitative estimate of drug-likeness (QED) is 0.793. The zero-order chi connectivity index (χ0) is 9.97. The predicted molar refractivity (Wildman–Crippen MR) is 61.6 cm³/mol. The Labute approximate surface area is 89.6 Å². The maximum Gasteiger partial charge on any atom is 0.0446 e. The second kappa shape index (κ2) is 4.16. The molecule has 0 unspecified atom stereocenters. The number of halogens is 1. The molecule has 0 saturated heterocycles. The highest BCUT2D eigenvalue weighted by atomic mass is 35.5. The van der Waals surface area contributed by atoms with Crippen molar-refractivity contribution in [2.45, 2.75) is 19.3 Å². The molecule has 2 heteroatoms. The molecule has 74 valence electrons. The Morgan fingerprint density at radius 1 is 1.36 bits per heavy atom. The molecule has 0 atom stereocenters. The number of hydrogen-bond donors (Lipinski definition) is 1. The summed E-state index contributed by atoms with van der Waals surface area (Å²) in [5, 5.41) is 0.914. The van der Waals surface area contributed by atoms with Crippen LogP contribution in [0.2, 0.25) is 5.02 Å². The fourth-order valence-corrected chi connectivity index (χ4v) is 2.32. The summed E-state index contributed by atoms with van der Waals surface area (Å²) in [5.74, 6) is 0. The Kier molecular flexibility index (Phi) is 2.90. The van der Waals surface area contributed by atoms with Gasteiger partial charge in [-0.05, 0) is 42.0 Å². The van der Waals surface area contributed by atoms with Crippen molar-refractivity contribution in [2.24, 2.45) is 5.73 Å². The Hall–Kier alpha value is -0.790. The van der Waals surface area contributed by atoms with Crippen molar-refractivity contribution in [3.05, 3.63) is 39.9 Å². The zero-order valence-electron chi connectivity index (χ0n) is 8.09. The van der Waals surface area contributed by atoms with Gasteiger partial charge in [0.2, 0.25) is 0 Å². The summed E-state index contributed by atoms with van der Waals surface area (Å²) in [5.41, 5.74) is 9.33. The van der Waals surface area contributed by atoms with Crippen molar-refractivity contribution in [3.63, 3.8) is 0 Å². The van der Waals surface area contributed by atoms with E-state index in [1.807, 2.05) is 18.2 Å². The van der Waals surface area contributed by atoms with Crippen LogP contribution in [-0.4, -0.2) is 6.54 Å². The fourth-order valence-electron chi connectivity index (χ4n) is 1.98. The average molecular weight is 208 g/mol. The first-order chi connectivity index (χ1) is 6.81. The molecule has 14 heavy (non-hydrogen) atoms. The minimum absolute atomic E-state index is 0.578. The Morgan fingerprint density at radius 3 is 3.00 bits per heavy atom.